The van der Waals surface area contributed by atoms with Gasteiger partial charge in [-0.3, -0.25) is 0 Å². The second-order valence-electron chi connectivity index (χ2n) is 16.6. The number of carbonyl (C=O) groups excluding carboxylic acids is 2. The van der Waals surface area contributed by atoms with Crippen molar-refractivity contribution in [3.05, 3.63) is 33.5 Å². The van der Waals surface area contributed by atoms with Gasteiger partial charge in [0.25, 0.3) is 0 Å². The van der Waals surface area contributed by atoms with Crippen LogP contribution in [0.1, 0.15) is 81.1 Å². The number of anilines is 2. The van der Waals surface area contributed by atoms with Crippen molar-refractivity contribution in [3.63, 3.8) is 0 Å². The molecule has 2 N–H and O–H groups in total. The van der Waals surface area contributed by atoms with E-state index in [2.05, 4.69) is 81.1 Å². The SMILES string of the molecule is C[C@@H]1OCC2(CCN(c3ncc(Br)nc3Cl)CC2)[C@@H]1NC(=O)OC(C)(C)C.C[C@@H]1OCC2(CCN(c3nccnc3Cl)CC2)[C@@H]1NC(=O)OC(C)(C)C.[B]=NS. The zero-order chi connectivity index (χ0) is 41.5. The summed E-state index contributed by atoms with van der Waals surface area (Å²) in [7, 11) is 4.34. The summed E-state index contributed by atoms with van der Waals surface area (Å²) in [6.07, 6.45) is 7.50. The number of piperidine rings is 2. The molecule has 4 fully saturated rings. The number of rotatable bonds is 4. The molecule has 2 spiro atoms. The molecular formula is C36H54BBrCl2N9O6S. The van der Waals surface area contributed by atoms with E-state index in [4.69, 9.17) is 42.1 Å². The van der Waals surface area contributed by atoms with Crippen LogP contribution in [0, 0.1) is 10.8 Å². The predicted molar refractivity (Wildman–Crippen MR) is 224 cm³/mol. The fourth-order valence-electron chi connectivity index (χ4n) is 7.69. The van der Waals surface area contributed by atoms with Crippen LogP contribution in [0.5, 0.6) is 0 Å². The quantitative estimate of drug-likeness (QED) is 0.213. The van der Waals surface area contributed by atoms with Crippen molar-refractivity contribution in [2.45, 2.75) is 117 Å². The number of halogens is 3. The number of hydrogen-bond acceptors (Lipinski definition) is 14. The van der Waals surface area contributed by atoms with Gasteiger partial charge in [0.1, 0.15) is 15.8 Å². The van der Waals surface area contributed by atoms with Crippen molar-refractivity contribution in [3.8, 4) is 0 Å². The summed E-state index contributed by atoms with van der Waals surface area (Å²) >= 11 is 18.9. The molecule has 6 rings (SSSR count). The van der Waals surface area contributed by atoms with E-state index in [0.29, 0.717) is 39.8 Å². The molecular weight excluding hydrogens is 848 g/mol. The number of nitrogens with one attached hydrogen (secondary N) is 2. The average molecular weight is 903 g/mol. The number of alkyl carbamates (subject to hydrolysis) is 2. The number of amides is 2. The van der Waals surface area contributed by atoms with Gasteiger partial charge in [0, 0.05) is 49.4 Å². The third-order valence-electron chi connectivity index (χ3n) is 10.3. The van der Waals surface area contributed by atoms with E-state index in [0.717, 1.165) is 51.9 Å². The van der Waals surface area contributed by atoms with E-state index >= 15 is 0 Å². The number of nitrogens with zero attached hydrogens (tertiary/aromatic N) is 7. The third-order valence-corrected chi connectivity index (χ3v) is 11.2. The van der Waals surface area contributed by atoms with Crippen LogP contribution in [0.4, 0.5) is 21.2 Å². The van der Waals surface area contributed by atoms with Gasteiger partial charge in [-0.25, -0.2) is 29.5 Å². The summed E-state index contributed by atoms with van der Waals surface area (Å²) in [5.74, 6) is 1.41. The fraction of sp³-hybridized carbons (Fsp3) is 0.722. The molecule has 309 valence electrons. The van der Waals surface area contributed by atoms with Crippen LogP contribution < -0.4 is 20.4 Å². The molecule has 0 aliphatic carbocycles. The van der Waals surface area contributed by atoms with Crippen LogP contribution in [-0.2, 0) is 18.9 Å². The zero-order valence-electron chi connectivity index (χ0n) is 33.4. The normalized spacial score (nSPS) is 24.0. The first-order valence-corrected chi connectivity index (χ1v) is 20.6. The molecule has 20 heteroatoms. The summed E-state index contributed by atoms with van der Waals surface area (Å²) in [6.45, 7) is 19.6. The standard InChI is InChI=1S/C18H26BrClN4O3.C18H27ClN4O3.BHNS/c1-11-13(23-16(25)27-17(2,3)4)18(10-26-11)5-7-24(8-6-18)15-14(20)22-12(19)9-21-15;1-12-13(22-16(24)26-17(2,3)4)18(11-25-12)5-9-23(10-6-18)15-14(19)20-7-8-21-15;1-2-3/h9,11,13H,5-8,10H2,1-4H3,(H,23,25);7-8,12-13H,5-6,9-11H2,1-4H3,(H,22,24);3H/t11-,13+;12-,13+;/m00./s1. The molecule has 4 atom stereocenters. The van der Waals surface area contributed by atoms with E-state index in [1.54, 1.807) is 18.6 Å². The van der Waals surface area contributed by atoms with Gasteiger partial charge in [-0.2, -0.15) is 0 Å². The van der Waals surface area contributed by atoms with Crippen molar-refractivity contribution in [2.24, 2.45) is 15.1 Å². The Kier molecular flexibility index (Phi) is 16.1. The predicted octanol–water partition coefficient (Wildman–Crippen LogP) is 7.00. The van der Waals surface area contributed by atoms with E-state index in [1.807, 2.05) is 55.4 Å². The second-order valence-corrected chi connectivity index (χ2v) is 18.3. The number of aromatic nitrogens is 4. The Hall–Kier alpha value is -2.51. The van der Waals surface area contributed by atoms with E-state index in [1.165, 1.54) is 0 Å². The van der Waals surface area contributed by atoms with Crippen molar-refractivity contribution < 1.29 is 28.5 Å². The van der Waals surface area contributed by atoms with Crippen LogP contribution >= 0.6 is 51.9 Å². The van der Waals surface area contributed by atoms with Gasteiger partial charge >= 0.3 is 36.9 Å². The summed E-state index contributed by atoms with van der Waals surface area (Å²) < 4.78 is 26.0. The number of ether oxygens (including phenoxy) is 4. The summed E-state index contributed by atoms with van der Waals surface area (Å²) in [5.41, 5.74) is -1.25. The third kappa shape index (κ3) is 12.3. The summed E-state index contributed by atoms with van der Waals surface area (Å²) in [4.78, 5) is 46.0. The first kappa shape index (κ1) is 46.2. The Morgan fingerprint density at radius 3 is 1.59 bits per heavy atom. The molecule has 0 aromatic carbocycles. The van der Waals surface area contributed by atoms with Gasteiger partial charge in [-0.05, 0) is 97.0 Å². The van der Waals surface area contributed by atoms with E-state index < -0.39 is 23.4 Å². The van der Waals surface area contributed by atoms with Crippen molar-refractivity contribution in [2.75, 3.05) is 49.2 Å². The fourth-order valence-corrected chi connectivity index (χ4v) is 8.56. The summed E-state index contributed by atoms with van der Waals surface area (Å²) in [5, 5.41) is 6.92. The Bertz CT molecular complexity index is 1660. The molecule has 6 heterocycles. The van der Waals surface area contributed by atoms with Gasteiger partial charge in [0.2, 0.25) is 0 Å². The zero-order valence-corrected chi connectivity index (χ0v) is 37.3. The maximum absolute atomic E-state index is 12.3. The van der Waals surface area contributed by atoms with E-state index in [9.17, 15) is 9.59 Å². The van der Waals surface area contributed by atoms with Crippen LogP contribution in [0.2, 0.25) is 10.3 Å². The molecule has 0 unspecified atom stereocenters. The monoisotopic (exact) mass is 900 g/mol. The van der Waals surface area contributed by atoms with Crippen molar-refractivity contribution in [1.29, 1.82) is 0 Å². The maximum atomic E-state index is 12.3. The molecule has 1 radical (unpaired) electrons. The average Bonchev–Trinajstić information content (AvgIpc) is 3.55. The molecule has 2 aromatic rings. The molecule has 4 aliphatic heterocycles. The van der Waals surface area contributed by atoms with Gasteiger partial charge in [0.05, 0.1) is 43.7 Å². The molecule has 0 bridgehead atoms. The second kappa shape index (κ2) is 19.5. The Morgan fingerprint density at radius 2 is 1.21 bits per heavy atom. The minimum atomic E-state index is -0.527. The van der Waals surface area contributed by atoms with Crippen LogP contribution in [-0.4, -0.2) is 115 Å². The van der Waals surface area contributed by atoms with Gasteiger partial charge in [0.15, 0.2) is 21.9 Å². The van der Waals surface area contributed by atoms with Crippen molar-refractivity contribution in [1.82, 2.24) is 30.6 Å². The van der Waals surface area contributed by atoms with Gasteiger partial charge in [-0.15, -0.1) is 0 Å². The molecule has 2 aromatic heterocycles. The van der Waals surface area contributed by atoms with Crippen molar-refractivity contribution >= 4 is 83.4 Å². The summed E-state index contributed by atoms with van der Waals surface area (Å²) in [6, 6.07) is -0.155. The molecule has 0 saturated carbocycles. The Morgan fingerprint density at radius 1 is 0.821 bits per heavy atom. The van der Waals surface area contributed by atoms with Crippen LogP contribution in [0.3, 0.4) is 0 Å². The first-order valence-electron chi connectivity index (χ1n) is 18.6. The molecule has 2 amide bonds. The Balaban J connectivity index is 0.000000233. The number of thiol groups is 1. The molecule has 15 nitrogen and oxygen atoms in total. The number of carbonyl (C=O) groups is 2. The Labute approximate surface area is 355 Å². The molecule has 56 heavy (non-hydrogen) atoms. The molecule has 4 aliphatic rings. The number of hydrogen-bond donors (Lipinski definition) is 3. The van der Waals surface area contributed by atoms with Gasteiger partial charge < -0.3 is 39.4 Å². The topological polar surface area (TPSA) is 166 Å². The van der Waals surface area contributed by atoms with Crippen LogP contribution in [0.25, 0.3) is 0 Å². The van der Waals surface area contributed by atoms with Crippen LogP contribution in [0.15, 0.2) is 27.5 Å². The minimum absolute atomic E-state index is 0.0471. The van der Waals surface area contributed by atoms with E-state index in [-0.39, 0.29) is 35.1 Å². The first-order chi connectivity index (χ1) is 26.2. The van der Waals surface area contributed by atoms with Gasteiger partial charge in [-0.1, -0.05) is 23.2 Å². The molecule has 4 saturated heterocycles.